The summed E-state index contributed by atoms with van der Waals surface area (Å²) in [4.78, 5) is 37.0. The summed E-state index contributed by atoms with van der Waals surface area (Å²) in [5, 5.41) is 18.3. The zero-order valence-corrected chi connectivity index (χ0v) is 25.1. The molecule has 2 N–H and O–H groups in total. The lowest BCUT2D eigenvalue weighted by Gasteiger charge is -2.31. The maximum atomic E-state index is 13.0. The highest BCUT2D eigenvalue weighted by molar-refractivity contribution is 5.89. The van der Waals surface area contributed by atoms with Crippen molar-refractivity contribution in [3.05, 3.63) is 89.0 Å². The molecule has 0 aliphatic carbocycles. The Hall–Kier alpha value is -4.73. The predicted octanol–water partition coefficient (Wildman–Crippen LogP) is 5.99. The van der Waals surface area contributed by atoms with Crippen LogP contribution in [0, 0.1) is 0 Å². The van der Waals surface area contributed by atoms with E-state index in [2.05, 4.69) is 0 Å². The van der Waals surface area contributed by atoms with Crippen LogP contribution in [0.3, 0.4) is 0 Å². The van der Waals surface area contributed by atoms with E-state index in [1.165, 1.54) is 12.1 Å². The third kappa shape index (κ3) is 9.93. The van der Waals surface area contributed by atoms with Gasteiger partial charge in [0.05, 0.1) is 24.7 Å². The minimum absolute atomic E-state index is 0.0156. The number of carbonyl (C=O) groups is 3. The van der Waals surface area contributed by atoms with E-state index < -0.39 is 18.2 Å². The molecule has 1 fully saturated rings. The molecule has 0 spiro atoms. The molecule has 1 aliphatic heterocycles. The first kappa shape index (κ1) is 32.2. The molecule has 0 bridgehead atoms. The zero-order valence-electron chi connectivity index (χ0n) is 25.1. The van der Waals surface area contributed by atoms with Crippen molar-refractivity contribution < 1.29 is 43.5 Å². The van der Waals surface area contributed by atoms with Crippen LogP contribution in [-0.4, -0.2) is 65.0 Å². The Morgan fingerprint density at radius 3 is 2.16 bits per heavy atom. The van der Waals surface area contributed by atoms with Crippen molar-refractivity contribution in [3.8, 4) is 17.2 Å². The topological polar surface area (TPSA) is 132 Å². The highest BCUT2D eigenvalue weighted by Gasteiger charge is 2.26. The SMILES string of the molecule is CC(C)Oc1ccc(COc2ccc(CCCOc3ccc(C(=O)O)cc3CC(=O)N3CCC(OC(=O)O)CC3)cc2)cc1. The summed E-state index contributed by atoms with van der Waals surface area (Å²) in [5.41, 5.74) is 2.76. The molecule has 0 atom stereocenters. The number of piperidine rings is 1. The molecule has 10 nitrogen and oxygen atoms in total. The monoisotopic (exact) mass is 605 g/mol. The molecule has 1 saturated heterocycles. The highest BCUT2D eigenvalue weighted by atomic mass is 16.7. The second kappa shape index (κ2) is 15.7. The molecule has 1 heterocycles. The Labute approximate surface area is 257 Å². The molecule has 10 heteroatoms. The van der Waals surface area contributed by atoms with E-state index in [0.717, 1.165) is 35.5 Å². The van der Waals surface area contributed by atoms with Gasteiger partial charge in [0.2, 0.25) is 5.91 Å². The predicted molar refractivity (Wildman–Crippen MR) is 163 cm³/mol. The fourth-order valence-corrected chi connectivity index (χ4v) is 4.95. The van der Waals surface area contributed by atoms with Gasteiger partial charge >= 0.3 is 12.1 Å². The van der Waals surface area contributed by atoms with Crippen LogP contribution in [0.4, 0.5) is 4.79 Å². The first-order valence-corrected chi connectivity index (χ1v) is 14.8. The van der Waals surface area contributed by atoms with Crippen LogP contribution in [0.2, 0.25) is 0 Å². The fraction of sp³-hybridized carbons (Fsp3) is 0.382. The van der Waals surface area contributed by atoms with Crippen LogP contribution < -0.4 is 14.2 Å². The largest absolute Gasteiger partial charge is 0.506 e. The van der Waals surface area contributed by atoms with Gasteiger partial charge in [0.1, 0.15) is 30.0 Å². The van der Waals surface area contributed by atoms with E-state index in [9.17, 15) is 19.5 Å². The average molecular weight is 606 g/mol. The van der Waals surface area contributed by atoms with Crippen LogP contribution in [0.15, 0.2) is 66.7 Å². The second-order valence-electron chi connectivity index (χ2n) is 11.0. The number of carbonyl (C=O) groups excluding carboxylic acids is 1. The fourth-order valence-electron chi connectivity index (χ4n) is 4.95. The van der Waals surface area contributed by atoms with E-state index >= 15 is 0 Å². The second-order valence-corrected chi connectivity index (χ2v) is 11.0. The summed E-state index contributed by atoms with van der Waals surface area (Å²) in [7, 11) is 0. The van der Waals surface area contributed by atoms with Gasteiger partial charge in [-0.1, -0.05) is 24.3 Å². The number of benzene rings is 3. The summed E-state index contributed by atoms with van der Waals surface area (Å²) < 4.78 is 22.4. The zero-order chi connectivity index (χ0) is 31.5. The molecular weight excluding hydrogens is 566 g/mol. The van der Waals surface area contributed by atoms with Crippen molar-refractivity contribution in [3.63, 3.8) is 0 Å². The lowest BCUT2D eigenvalue weighted by molar-refractivity contribution is -0.132. The van der Waals surface area contributed by atoms with Crippen LogP contribution >= 0.6 is 0 Å². The lowest BCUT2D eigenvalue weighted by Crippen LogP contribution is -2.42. The summed E-state index contributed by atoms with van der Waals surface area (Å²) in [6.45, 7) is 5.57. The van der Waals surface area contributed by atoms with Crippen molar-refractivity contribution in [1.82, 2.24) is 4.90 Å². The number of rotatable bonds is 14. The Balaban J connectivity index is 1.24. The van der Waals surface area contributed by atoms with E-state index in [1.807, 2.05) is 62.4 Å². The molecule has 3 aromatic carbocycles. The number of likely N-dealkylation sites (tertiary alicyclic amines) is 1. The molecule has 0 aromatic heterocycles. The first-order valence-electron chi connectivity index (χ1n) is 14.8. The molecule has 0 saturated carbocycles. The quantitative estimate of drug-likeness (QED) is 0.168. The number of hydrogen-bond acceptors (Lipinski definition) is 7. The number of aryl methyl sites for hydroxylation is 1. The number of aromatic carboxylic acids is 1. The summed E-state index contributed by atoms with van der Waals surface area (Å²) >= 11 is 0. The molecule has 0 unspecified atom stereocenters. The van der Waals surface area contributed by atoms with Gasteiger partial charge in [0, 0.05) is 31.5 Å². The van der Waals surface area contributed by atoms with Gasteiger partial charge in [-0.3, -0.25) is 4.79 Å². The van der Waals surface area contributed by atoms with E-state index in [4.69, 9.17) is 24.1 Å². The number of carboxylic acids is 1. The molecule has 1 amide bonds. The number of hydrogen-bond donors (Lipinski definition) is 2. The molecule has 1 aliphatic rings. The van der Waals surface area contributed by atoms with Gasteiger partial charge in [-0.05, 0) is 80.3 Å². The van der Waals surface area contributed by atoms with Crippen LogP contribution in [-0.2, 0) is 29.0 Å². The first-order chi connectivity index (χ1) is 21.2. The third-order valence-electron chi connectivity index (χ3n) is 7.20. The summed E-state index contributed by atoms with van der Waals surface area (Å²) in [6, 6.07) is 20.3. The van der Waals surface area contributed by atoms with E-state index in [1.54, 1.807) is 11.0 Å². The van der Waals surface area contributed by atoms with Gasteiger partial charge < -0.3 is 34.1 Å². The number of ether oxygens (including phenoxy) is 4. The minimum Gasteiger partial charge on any atom is -0.493 e. The maximum Gasteiger partial charge on any atom is 0.506 e. The van der Waals surface area contributed by atoms with Gasteiger partial charge in [0.15, 0.2) is 0 Å². The number of nitrogens with zero attached hydrogens (tertiary/aromatic N) is 1. The van der Waals surface area contributed by atoms with Crippen molar-refractivity contribution in [2.75, 3.05) is 19.7 Å². The van der Waals surface area contributed by atoms with Crippen molar-refractivity contribution in [1.29, 1.82) is 0 Å². The minimum atomic E-state index is -1.32. The van der Waals surface area contributed by atoms with E-state index in [-0.39, 0.29) is 24.0 Å². The van der Waals surface area contributed by atoms with Crippen molar-refractivity contribution in [2.24, 2.45) is 0 Å². The number of carboxylic acid groups (broad SMARTS) is 2. The van der Waals surface area contributed by atoms with Crippen molar-refractivity contribution >= 4 is 18.0 Å². The van der Waals surface area contributed by atoms with Gasteiger partial charge in [-0.2, -0.15) is 0 Å². The van der Waals surface area contributed by atoms with Gasteiger partial charge in [-0.15, -0.1) is 0 Å². The van der Waals surface area contributed by atoms with Gasteiger partial charge in [-0.25, -0.2) is 9.59 Å². The van der Waals surface area contributed by atoms with Crippen LogP contribution in [0.1, 0.15) is 60.2 Å². The van der Waals surface area contributed by atoms with Gasteiger partial charge in [0.25, 0.3) is 0 Å². The van der Waals surface area contributed by atoms with Crippen LogP contribution in [0.25, 0.3) is 0 Å². The Kier molecular flexibility index (Phi) is 11.5. The molecule has 3 aromatic rings. The smallest absolute Gasteiger partial charge is 0.493 e. The Morgan fingerprint density at radius 2 is 1.52 bits per heavy atom. The molecule has 234 valence electrons. The molecule has 4 rings (SSSR count). The summed E-state index contributed by atoms with van der Waals surface area (Å²) in [5.74, 6) is 0.824. The highest BCUT2D eigenvalue weighted by Crippen LogP contribution is 2.24. The third-order valence-corrected chi connectivity index (χ3v) is 7.20. The maximum absolute atomic E-state index is 13.0. The van der Waals surface area contributed by atoms with Crippen LogP contribution in [0.5, 0.6) is 17.2 Å². The Morgan fingerprint density at radius 1 is 0.864 bits per heavy atom. The molecular formula is C34H39NO9. The molecule has 0 radical (unpaired) electrons. The number of amides is 1. The Bertz CT molecular complexity index is 1400. The lowest BCUT2D eigenvalue weighted by atomic mass is 10.0. The van der Waals surface area contributed by atoms with Crippen molar-refractivity contribution in [2.45, 2.75) is 64.8 Å². The van der Waals surface area contributed by atoms with E-state index in [0.29, 0.717) is 50.5 Å². The normalized spacial score (nSPS) is 13.4. The summed E-state index contributed by atoms with van der Waals surface area (Å²) in [6.07, 6.45) is 0.700. The standard InChI is InChI=1S/C34H39NO9/c1-23(2)43-29-12-7-25(8-13-29)22-42-28-10-5-24(6-11-28)4-3-19-41-31-14-9-26(33(37)38)20-27(31)21-32(36)35-17-15-30(16-18-35)44-34(39)40/h5-14,20,23,30H,3-4,15-19,21-22H2,1-2H3,(H,37,38)(H,39,40). The molecule has 44 heavy (non-hydrogen) atoms. The average Bonchev–Trinajstić information content (AvgIpc) is 3.00.